The van der Waals surface area contributed by atoms with E-state index in [4.69, 9.17) is 9.47 Å². The first-order chi connectivity index (χ1) is 9.22. The third kappa shape index (κ3) is 2.49. The van der Waals surface area contributed by atoms with Crippen LogP contribution in [0.15, 0.2) is 12.1 Å². The van der Waals surface area contributed by atoms with Crippen LogP contribution in [0.25, 0.3) is 0 Å². The van der Waals surface area contributed by atoms with E-state index < -0.39 is 0 Å². The van der Waals surface area contributed by atoms with Gasteiger partial charge in [0.1, 0.15) is 6.61 Å². The summed E-state index contributed by atoms with van der Waals surface area (Å²) in [5.74, 6) is 2.55. The van der Waals surface area contributed by atoms with Gasteiger partial charge in [-0.15, -0.1) is 12.4 Å². The van der Waals surface area contributed by atoms with Gasteiger partial charge < -0.3 is 9.47 Å². The Morgan fingerprint density at radius 1 is 1.40 bits per heavy atom. The number of nitrogens with zero attached hydrogens (tertiary/aromatic N) is 1. The van der Waals surface area contributed by atoms with E-state index in [0.29, 0.717) is 18.6 Å². The summed E-state index contributed by atoms with van der Waals surface area (Å²) in [5.41, 5.74) is 2.51. The molecule has 1 aromatic carbocycles. The molecule has 20 heavy (non-hydrogen) atoms. The van der Waals surface area contributed by atoms with E-state index >= 15 is 0 Å². The highest BCUT2D eigenvalue weighted by atomic mass is 35.5. The monoisotopic (exact) mass is 297 g/mol. The Bertz CT molecular complexity index is 478. The third-order valence-corrected chi connectivity index (χ3v) is 4.48. The van der Waals surface area contributed by atoms with E-state index in [0.717, 1.165) is 18.1 Å². The van der Waals surface area contributed by atoms with Crippen LogP contribution >= 0.6 is 12.4 Å². The summed E-state index contributed by atoms with van der Waals surface area (Å²) in [6.45, 7) is 6.78. The predicted octanol–water partition coefficient (Wildman–Crippen LogP) is 3.39. The summed E-state index contributed by atoms with van der Waals surface area (Å²) < 4.78 is 11.9. The second-order valence-corrected chi connectivity index (χ2v) is 5.67. The number of piperidine rings is 1. The number of hydrogen-bond donors (Lipinski definition) is 0. The van der Waals surface area contributed by atoms with Crippen LogP contribution in [0, 0.1) is 6.92 Å². The molecule has 0 aromatic heterocycles. The predicted molar refractivity (Wildman–Crippen MR) is 83.5 cm³/mol. The maximum absolute atomic E-state index is 6.06. The van der Waals surface area contributed by atoms with Crippen LogP contribution in [0.3, 0.4) is 0 Å². The van der Waals surface area contributed by atoms with E-state index in [2.05, 4.69) is 31.0 Å². The van der Waals surface area contributed by atoms with Crippen molar-refractivity contribution in [2.75, 3.05) is 26.8 Å². The minimum Gasteiger partial charge on any atom is -0.490 e. The molecule has 0 aliphatic carbocycles. The Morgan fingerprint density at radius 3 is 2.95 bits per heavy atom. The molecule has 0 saturated carbocycles. The summed E-state index contributed by atoms with van der Waals surface area (Å²) in [7, 11) is 2.21. The van der Waals surface area contributed by atoms with Crippen LogP contribution in [0.4, 0.5) is 0 Å². The fraction of sp³-hybridized carbons (Fsp3) is 0.625. The molecule has 3 rings (SSSR count). The van der Waals surface area contributed by atoms with Crippen molar-refractivity contribution in [1.29, 1.82) is 0 Å². The molecule has 4 heteroatoms. The quantitative estimate of drug-likeness (QED) is 0.835. The Labute approximate surface area is 127 Å². The van der Waals surface area contributed by atoms with Crippen molar-refractivity contribution in [3.05, 3.63) is 23.3 Å². The lowest BCUT2D eigenvalue weighted by Crippen LogP contribution is -2.47. The molecule has 0 amide bonds. The van der Waals surface area contributed by atoms with Gasteiger partial charge in [0.05, 0.1) is 12.6 Å². The van der Waals surface area contributed by atoms with Crippen molar-refractivity contribution in [2.45, 2.75) is 38.6 Å². The molecule has 2 aliphatic heterocycles. The lowest BCUT2D eigenvalue weighted by molar-refractivity contribution is 0.0841. The summed E-state index contributed by atoms with van der Waals surface area (Å²) in [4.78, 5) is 2.44. The molecule has 2 heterocycles. The van der Waals surface area contributed by atoms with E-state index in [-0.39, 0.29) is 12.4 Å². The van der Waals surface area contributed by atoms with E-state index in [9.17, 15) is 0 Å². The minimum atomic E-state index is 0. The summed E-state index contributed by atoms with van der Waals surface area (Å²) in [6, 6.07) is 4.94. The maximum Gasteiger partial charge on any atom is 0.165 e. The van der Waals surface area contributed by atoms with Crippen molar-refractivity contribution in [3.63, 3.8) is 0 Å². The molecular weight excluding hydrogens is 274 g/mol. The molecule has 3 nitrogen and oxygen atoms in total. The second-order valence-electron chi connectivity index (χ2n) is 5.67. The van der Waals surface area contributed by atoms with Crippen LogP contribution in [0.5, 0.6) is 11.5 Å². The number of aryl methyl sites for hydroxylation is 1. The van der Waals surface area contributed by atoms with Gasteiger partial charge in [-0.3, -0.25) is 4.90 Å². The topological polar surface area (TPSA) is 21.7 Å². The van der Waals surface area contributed by atoms with Gasteiger partial charge >= 0.3 is 0 Å². The van der Waals surface area contributed by atoms with Gasteiger partial charge in [0.2, 0.25) is 0 Å². The molecule has 2 aliphatic rings. The first-order valence-electron chi connectivity index (χ1n) is 7.31. The van der Waals surface area contributed by atoms with Gasteiger partial charge in [-0.1, -0.05) is 12.1 Å². The number of benzene rings is 1. The van der Waals surface area contributed by atoms with Gasteiger partial charge in [0.15, 0.2) is 11.5 Å². The highest BCUT2D eigenvalue weighted by molar-refractivity contribution is 5.85. The van der Waals surface area contributed by atoms with Gasteiger partial charge in [0, 0.05) is 11.5 Å². The van der Waals surface area contributed by atoms with Crippen LogP contribution in [0.1, 0.15) is 36.8 Å². The smallest absolute Gasteiger partial charge is 0.165 e. The van der Waals surface area contributed by atoms with Crippen LogP contribution < -0.4 is 9.47 Å². The molecule has 1 aromatic rings. The normalized spacial score (nSPS) is 24.9. The number of fused-ring (bicyclic) bond motifs is 3. The molecule has 2 atom stereocenters. The van der Waals surface area contributed by atoms with Gasteiger partial charge in [-0.2, -0.15) is 0 Å². The van der Waals surface area contributed by atoms with Crippen molar-refractivity contribution in [2.24, 2.45) is 0 Å². The summed E-state index contributed by atoms with van der Waals surface area (Å²) in [6.07, 6.45) is 2.54. The lowest BCUT2D eigenvalue weighted by Gasteiger charge is -2.43. The first-order valence-corrected chi connectivity index (χ1v) is 7.31. The highest BCUT2D eigenvalue weighted by Crippen LogP contribution is 2.46. The molecule has 0 N–H and O–H groups in total. The Balaban J connectivity index is 0.00000147. The third-order valence-electron chi connectivity index (χ3n) is 4.48. The van der Waals surface area contributed by atoms with E-state index in [1.807, 2.05) is 6.92 Å². The minimum absolute atomic E-state index is 0. The second kappa shape index (κ2) is 6.23. The number of rotatable bonds is 2. The largest absolute Gasteiger partial charge is 0.490 e. The van der Waals surface area contributed by atoms with Gasteiger partial charge in [-0.05, 0) is 45.8 Å². The van der Waals surface area contributed by atoms with Gasteiger partial charge in [0.25, 0.3) is 0 Å². The zero-order chi connectivity index (χ0) is 13.4. The van der Waals surface area contributed by atoms with Crippen molar-refractivity contribution in [3.8, 4) is 11.5 Å². The number of hydrogen-bond acceptors (Lipinski definition) is 3. The molecule has 0 spiro atoms. The fourth-order valence-corrected chi connectivity index (χ4v) is 3.44. The molecule has 0 unspecified atom stereocenters. The Kier molecular flexibility index (Phi) is 4.82. The van der Waals surface area contributed by atoms with Gasteiger partial charge in [-0.25, -0.2) is 0 Å². The average Bonchev–Trinajstić information content (AvgIpc) is 2.42. The Morgan fingerprint density at radius 2 is 2.20 bits per heavy atom. The summed E-state index contributed by atoms with van der Waals surface area (Å²) >= 11 is 0. The van der Waals surface area contributed by atoms with Crippen LogP contribution in [-0.4, -0.2) is 37.7 Å². The molecule has 112 valence electrons. The SMILES string of the molecule is CCOc1c(C)ccc2c1OC[C@@H]1[C@@H]2CCCN1C.Cl. The number of ether oxygens (including phenoxy) is 2. The standard InChI is InChI=1S/C16H23NO2.ClH/c1-4-18-15-11(2)7-8-13-12-6-5-9-17(3)14(12)10-19-16(13)15;/h7-8,12,14H,4-6,9-10H2,1-3H3;1H/t12-,14-;/m1./s1. The zero-order valence-corrected chi connectivity index (χ0v) is 13.3. The molecule has 0 bridgehead atoms. The van der Waals surface area contributed by atoms with E-state index in [1.165, 1.54) is 30.5 Å². The number of halogens is 1. The number of likely N-dealkylation sites (tertiary alicyclic amines) is 1. The average molecular weight is 298 g/mol. The maximum atomic E-state index is 6.06. The van der Waals surface area contributed by atoms with Crippen molar-refractivity contribution in [1.82, 2.24) is 4.90 Å². The summed E-state index contributed by atoms with van der Waals surface area (Å²) in [5, 5.41) is 0. The van der Waals surface area contributed by atoms with Crippen molar-refractivity contribution < 1.29 is 9.47 Å². The Hall–Kier alpha value is -0.930. The molecule has 0 radical (unpaired) electrons. The highest BCUT2D eigenvalue weighted by Gasteiger charge is 2.37. The molecular formula is C16H24ClNO2. The van der Waals surface area contributed by atoms with E-state index in [1.54, 1.807) is 0 Å². The van der Waals surface area contributed by atoms with Crippen LogP contribution in [-0.2, 0) is 0 Å². The fourth-order valence-electron chi connectivity index (χ4n) is 3.44. The van der Waals surface area contributed by atoms with Crippen LogP contribution in [0.2, 0.25) is 0 Å². The zero-order valence-electron chi connectivity index (χ0n) is 12.5. The molecule has 1 fully saturated rings. The number of likely N-dealkylation sites (N-methyl/N-ethyl adjacent to an activating group) is 1. The lowest BCUT2D eigenvalue weighted by atomic mass is 9.81. The van der Waals surface area contributed by atoms with Crippen molar-refractivity contribution >= 4 is 12.4 Å². The first kappa shape index (κ1) is 15.5. The molecule has 1 saturated heterocycles.